The number of halogens is 1. The zero-order chi connectivity index (χ0) is 42.8. The molecular weight excluding hydrogens is 800 g/mol. The highest BCUT2D eigenvalue weighted by atomic mass is 35.5. The Morgan fingerprint density at radius 2 is 1.20 bits per heavy atom. The Kier molecular flexibility index (Phi) is 13.4. The van der Waals surface area contributed by atoms with Gasteiger partial charge in [0.15, 0.2) is 28.8 Å². The van der Waals surface area contributed by atoms with E-state index in [4.69, 9.17) is 45.1 Å². The normalized spacial score (nSPS) is 13.1. The molecule has 19 nitrogen and oxygen atoms in total. The number of phenolic OH excluding ortho intramolecular Hbond substituents is 1. The average molecular weight is 839 g/mol. The highest BCUT2D eigenvalue weighted by molar-refractivity contribution is 6.28. The Labute approximate surface area is 348 Å². The number of aromatic hydroxyl groups is 1. The summed E-state index contributed by atoms with van der Waals surface area (Å²) in [4.78, 5) is 47.7. The van der Waals surface area contributed by atoms with E-state index in [9.17, 15) is 9.59 Å². The first-order valence-electron chi connectivity index (χ1n) is 17.8. The quantitative estimate of drug-likeness (QED) is 0.0954. The van der Waals surface area contributed by atoms with E-state index in [2.05, 4.69) is 51.2 Å². The van der Waals surface area contributed by atoms with Crippen molar-refractivity contribution in [3.63, 3.8) is 0 Å². The lowest BCUT2D eigenvalue weighted by atomic mass is 10.0. The minimum Gasteiger partial charge on any atom is -0.508 e. The summed E-state index contributed by atoms with van der Waals surface area (Å²) < 4.78 is 31.8. The van der Waals surface area contributed by atoms with Crippen molar-refractivity contribution in [3.05, 3.63) is 102 Å². The Bertz CT molecular complexity index is 2460. The molecule has 2 aliphatic heterocycles. The van der Waals surface area contributed by atoms with Gasteiger partial charge in [-0.1, -0.05) is 18.2 Å². The second kappa shape index (κ2) is 19.2. The van der Waals surface area contributed by atoms with E-state index in [1.54, 1.807) is 63.8 Å². The molecule has 0 saturated heterocycles. The van der Waals surface area contributed by atoms with Gasteiger partial charge >= 0.3 is 0 Å². The summed E-state index contributed by atoms with van der Waals surface area (Å²) in [5.41, 5.74) is 4.59. The number of anilines is 6. The van der Waals surface area contributed by atoms with Crippen LogP contribution in [-0.2, 0) is 16.0 Å². The third-order valence-electron chi connectivity index (χ3n) is 8.74. The standard InChI is InChI=1S/C20H19N5O4.C12H13ClN4O3.C8H7NO2/c1-27-14-8-11(9-15(28-2)17(14)29-3)23-20-22-10-21-18(25-20)16-12-6-4-5-7-13(12)24-19(16)26;1-18-8-4-7(5-9(19-2)10(8)20-3)16-12-15-6-14-11(13)17-12;10-6-1-2-7-5(3-6)4-8(11)9-7/h4-10,16H,1-3H3,(H,24,26)(H,21,22,23,25);4-6H,1-3H3,(H,14,15,16,17);1-3,10H,4H2,(H,9,11). The van der Waals surface area contributed by atoms with E-state index in [0.29, 0.717) is 70.0 Å². The van der Waals surface area contributed by atoms with Crippen LogP contribution in [0.5, 0.6) is 40.2 Å². The number of amides is 2. The number of phenols is 1. The van der Waals surface area contributed by atoms with Crippen LogP contribution in [0.3, 0.4) is 0 Å². The van der Waals surface area contributed by atoms with Crippen LogP contribution in [0.4, 0.5) is 34.6 Å². The van der Waals surface area contributed by atoms with Crippen molar-refractivity contribution in [1.29, 1.82) is 0 Å². The molecule has 6 aromatic rings. The van der Waals surface area contributed by atoms with Gasteiger partial charge in [0.1, 0.15) is 24.3 Å². The smallest absolute Gasteiger partial charge is 0.239 e. The Balaban J connectivity index is 0.000000167. The SMILES string of the molecule is COc1cc(Nc2ncnc(C3C(=O)Nc4ccccc43)n2)cc(OC)c1OC.COc1cc(Nc2ncnc(Cl)n2)cc(OC)c1OC.O=C1Cc2cc(O)ccc2N1. The van der Waals surface area contributed by atoms with E-state index in [-0.39, 0.29) is 22.8 Å². The molecule has 60 heavy (non-hydrogen) atoms. The maximum atomic E-state index is 12.5. The van der Waals surface area contributed by atoms with Crippen LogP contribution in [-0.4, -0.2) is 89.5 Å². The molecule has 0 saturated carbocycles. The summed E-state index contributed by atoms with van der Waals surface area (Å²) in [5, 5.41) is 20.8. The van der Waals surface area contributed by atoms with E-state index < -0.39 is 5.92 Å². The molecule has 20 heteroatoms. The summed E-state index contributed by atoms with van der Waals surface area (Å²) in [6.07, 6.45) is 3.07. The number of hydrogen-bond acceptors (Lipinski definition) is 17. The maximum Gasteiger partial charge on any atom is 0.239 e. The second-order valence-corrected chi connectivity index (χ2v) is 12.7. The summed E-state index contributed by atoms with van der Waals surface area (Å²) in [6.45, 7) is 0. The summed E-state index contributed by atoms with van der Waals surface area (Å²) in [5.74, 6) is 3.43. The Morgan fingerprint density at radius 1 is 0.650 bits per heavy atom. The van der Waals surface area contributed by atoms with E-state index in [0.717, 1.165) is 22.5 Å². The second-order valence-electron chi connectivity index (χ2n) is 12.4. The number of fused-ring (bicyclic) bond motifs is 2. The van der Waals surface area contributed by atoms with Crippen LogP contribution >= 0.6 is 11.6 Å². The third-order valence-corrected chi connectivity index (χ3v) is 8.92. The molecule has 8 rings (SSSR count). The van der Waals surface area contributed by atoms with Crippen LogP contribution in [0.25, 0.3) is 0 Å². The number of ether oxygens (including phenoxy) is 6. The number of carbonyl (C=O) groups is 2. The Morgan fingerprint density at radius 3 is 1.75 bits per heavy atom. The molecule has 4 heterocycles. The molecule has 0 spiro atoms. The number of benzene rings is 4. The molecule has 0 radical (unpaired) electrons. The van der Waals surface area contributed by atoms with Crippen LogP contribution in [0.2, 0.25) is 5.28 Å². The van der Waals surface area contributed by atoms with E-state index >= 15 is 0 Å². The highest BCUT2D eigenvalue weighted by Gasteiger charge is 2.34. The van der Waals surface area contributed by atoms with Crippen molar-refractivity contribution in [3.8, 4) is 40.2 Å². The van der Waals surface area contributed by atoms with Gasteiger partial charge in [-0.15, -0.1) is 0 Å². The van der Waals surface area contributed by atoms with Crippen molar-refractivity contribution in [2.75, 3.05) is 63.9 Å². The van der Waals surface area contributed by atoms with Crippen molar-refractivity contribution in [2.45, 2.75) is 12.3 Å². The fraction of sp³-hybridized carbons (Fsp3) is 0.200. The van der Waals surface area contributed by atoms with Gasteiger partial charge in [-0.3, -0.25) is 9.59 Å². The summed E-state index contributed by atoms with van der Waals surface area (Å²) in [6, 6.07) is 19.3. The lowest BCUT2D eigenvalue weighted by Crippen LogP contribution is -2.16. The molecule has 5 N–H and O–H groups in total. The predicted molar refractivity (Wildman–Crippen MR) is 221 cm³/mol. The molecule has 310 valence electrons. The number of nitrogens with zero attached hydrogens (tertiary/aromatic N) is 6. The molecule has 1 unspecified atom stereocenters. The van der Waals surface area contributed by atoms with Gasteiger partial charge in [0.25, 0.3) is 0 Å². The van der Waals surface area contributed by atoms with Gasteiger partial charge in [0.2, 0.25) is 40.5 Å². The number of methoxy groups -OCH3 is 6. The van der Waals surface area contributed by atoms with Crippen LogP contribution in [0.1, 0.15) is 22.9 Å². The van der Waals surface area contributed by atoms with E-state index in [1.165, 1.54) is 34.0 Å². The number of para-hydroxylation sites is 1. The maximum absolute atomic E-state index is 12.5. The van der Waals surface area contributed by atoms with Gasteiger partial charge < -0.3 is 54.8 Å². The molecule has 2 aromatic heterocycles. The van der Waals surface area contributed by atoms with E-state index in [1.807, 2.05) is 24.3 Å². The van der Waals surface area contributed by atoms with Gasteiger partial charge in [-0.2, -0.15) is 9.97 Å². The average Bonchev–Trinajstić information content (AvgIpc) is 3.80. The minimum absolute atomic E-state index is 0.00870. The zero-order valence-electron chi connectivity index (χ0n) is 33.1. The first kappa shape index (κ1) is 41.9. The lowest BCUT2D eigenvalue weighted by Gasteiger charge is -2.15. The van der Waals surface area contributed by atoms with Crippen LogP contribution in [0.15, 0.2) is 79.4 Å². The largest absolute Gasteiger partial charge is 0.508 e. The number of nitrogens with one attached hydrogen (secondary N) is 4. The van der Waals surface area contributed by atoms with Gasteiger partial charge in [0, 0.05) is 47.0 Å². The van der Waals surface area contributed by atoms with Crippen molar-refractivity contribution < 1.29 is 43.1 Å². The van der Waals surface area contributed by atoms with Gasteiger partial charge in [-0.05, 0) is 47.0 Å². The molecule has 0 aliphatic carbocycles. The Hall–Kier alpha value is -7.67. The minimum atomic E-state index is -0.588. The number of aromatic nitrogens is 6. The van der Waals surface area contributed by atoms with Gasteiger partial charge in [-0.25, -0.2) is 19.9 Å². The van der Waals surface area contributed by atoms with Crippen LogP contribution < -0.4 is 49.7 Å². The topological polar surface area (TPSA) is 235 Å². The summed E-state index contributed by atoms with van der Waals surface area (Å²) in [7, 11) is 9.24. The number of hydrogen-bond donors (Lipinski definition) is 5. The lowest BCUT2D eigenvalue weighted by molar-refractivity contribution is -0.116. The zero-order valence-corrected chi connectivity index (χ0v) is 33.8. The first-order chi connectivity index (χ1) is 29.1. The third kappa shape index (κ3) is 9.71. The predicted octanol–water partition coefficient (Wildman–Crippen LogP) is 5.91. The molecular formula is C40H39ClN10O9. The number of carbonyl (C=O) groups excluding carboxylic acids is 2. The van der Waals surface area contributed by atoms with Crippen molar-refractivity contribution in [2.24, 2.45) is 0 Å². The van der Waals surface area contributed by atoms with Crippen LogP contribution in [0, 0.1) is 0 Å². The van der Waals surface area contributed by atoms with Crippen molar-refractivity contribution >= 4 is 58.1 Å². The molecule has 4 aromatic carbocycles. The molecule has 2 aliphatic rings. The molecule has 1 atom stereocenters. The summed E-state index contributed by atoms with van der Waals surface area (Å²) >= 11 is 5.70. The molecule has 0 bridgehead atoms. The first-order valence-corrected chi connectivity index (χ1v) is 18.1. The fourth-order valence-corrected chi connectivity index (χ4v) is 6.21. The van der Waals surface area contributed by atoms with Gasteiger partial charge in [0.05, 0.1) is 49.1 Å². The fourth-order valence-electron chi connectivity index (χ4n) is 6.09. The molecule has 0 fully saturated rings. The highest BCUT2D eigenvalue weighted by Crippen LogP contribution is 2.42. The van der Waals surface area contributed by atoms with Crippen molar-refractivity contribution in [1.82, 2.24) is 29.9 Å². The molecule has 2 amide bonds. The monoisotopic (exact) mass is 838 g/mol. The number of rotatable bonds is 11.